The van der Waals surface area contributed by atoms with Crippen molar-refractivity contribution in [2.24, 2.45) is 0 Å². The Kier molecular flexibility index (Phi) is 5.25. The molecular weight excluding hydrogens is 127 g/mol. The van der Waals surface area contributed by atoms with Crippen molar-refractivity contribution in [2.45, 2.75) is 6.04 Å². The molecule has 0 spiro atoms. The standard InChI is InChI=1S/C4H11FO2Si/c1-6-8(7-2)4-3-5/h8H,3-4H2,1-2H3. The second-order valence-corrected chi connectivity index (χ2v) is 3.76. The minimum absolute atomic E-state index is 0.335. The van der Waals surface area contributed by atoms with Gasteiger partial charge in [0.2, 0.25) is 0 Å². The highest BCUT2D eigenvalue weighted by Gasteiger charge is 2.06. The van der Waals surface area contributed by atoms with Gasteiger partial charge in [0.25, 0.3) is 0 Å². The quantitative estimate of drug-likeness (QED) is 0.526. The third-order valence-corrected chi connectivity index (χ3v) is 2.61. The van der Waals surface area contributed by atoms with Crippen molar-refractivity contribution in [3.63, 3.8) is 0 Å². The van der Waals surface area contributed by atoms with E-state index in [0.717, 1.165) is 0 Å². The van der Waals surface area contributed by atoms with Gasteiger partial charge in [-0.25, -0.2) is 0 Å². The molecule has 0 saturated heterocycles. The van der Waals surface area contributed by atoms with Crippen LogP contribution in [-0.4, -0.2) is 30.2 Å². The number of alkyl halides is 1. The molecule has 0 aromatic carbocycles. The van der Waals surface area contributed by atoms with E-state index in [1.807, 2.05) is 0 Å². The van der Waals surface area contributed by atoms with Gasteiger partial charge in [0.1, 0.15) is 0 Å². The molecule has 0 aromatic rings. The summed E-state index contributed by atoms with van der Waals surface area (Å²) in [5.74, 6) is 0. The molecule has 0 radical (unpaired) electrons. The van der Waals surface area contributed by atoms with Crippen LogP contribution in [0.2, 0.25) is 6.04 Å². The zero-order valence-corrected chi connectivity index (χ0v) is 6.34. The van der Waals surface area contributed by atoms with Crippen molar-refractivity contribution in [2.75, 3.05) is 20.9 Å². The van der Waals surface area contributed by atoms with E-state index in [4.69, 9.17) is 8.85 Å². The lowest BCUT2D eigenvalue weighted by molar-refractivity contribution is 0.272. The molecule has 0 aliphatic rings. The fourth-order valence-corrected chi connectivity index (χ4v) is 1.26. The molecule has 0 rings (SSSR count). The number of rotatable bonds is 4. The van der Waals surface area contributed by atoms with Gasteiger partial charge in [-0.3, -0.25) is 4.39 Å². The van der Waals surface area contributed by atoms with E-state index in [-0.39, 0.29) is 6.67 Å². The summed E-state index contributed by atoms with van der Waals surface area (Å²) >= 11 is 0. The summed E-state index contributed by atoms with van der Waals surface area (Å²) in [7, 11) is 1.54. The van der Waals surface area contributed by atoms with Crippen LogP contribution in [0.3, 0.4) is 0 Å². The second-order valence-electron chi connectivity index (χ2n) is 1.38. The van der Waals surface area contributed by atoms with Gasteiger partial charge in [-0.15, -0.1) is 0 Å². The smallest absolute Gasteiger partial charge is 0.323 e. The third-order valence-electron chi connectivity index (χ3n) is 0.871. The lowest BCUT2D eigenvalue weighted by Gasteiger charge is -2.06. The molecule has 0 atom stereocenters. The van der Waals surface area contributed by atoms with Crippen LogP contribution in [0.1, 0.15) is 0 Å². The molecule has 0 N–H and O–H groups in total. The van der Waals surface area contributed by atoms with Crippen LogP contribution in [0.5, 0.6) is 0 Å². The molecule has 2 nitrogen and oxygen atoms in total. The lowest BCUT2D eigenvalue weighted by atomic mass is 10.9. The summed E-state index contributed by atoms with van der Waals surface area (Å²) in [6.45, 7) is -0.335. The first kappa shape index (κ1) is 8.07. The van der Waals surface area contributed by atoms with Crippen LogP contribution in [-0.2, 0) is 8.85 Å². The molecule has 0 fully saturated rings. The topological polar surface area (TPSA) is 18.5 Å². The third kappa shape index (κ3) is 3.12. The molecule has 4 heteroatoms. The van der Waals surface area contributed by atoms with Crippen molar-refractivity contribution >= 4 is 9.28 Å². The van der Waals surface area contributed by atoms with E-state index >= 15 is 0 Å². The van der Waals surface area contributed by atoms with Gasteiger partial charge in [-0.1, -0.05) is 0 Å². The molecule has 0 unspecified atom stereocenters. The highest BCUT2D eigenvalue weighted by molar-refractivity contribution is 6.44. The predicted octanol–water partition coefficient (Wildman–Crippen LogP) is 0.469. The van der Waals surface area contributed by atoms with Crippen molar-refractivity contribution in [3.05, 3.63) is 0 Å². The Labute approximate surface area is 50.5 Å². The summed E-state index contributed by atoms with van der Waals surface area (Å²) in [4.78, 5) is 0. The fraction of sp³-hybridized carbons (Fsp3) is 1.00. The van der Waals surface area contributed by atoms with Crippen LogP contribution in [0.4, 0.5) is 4.39 Å². The maximum absolute atomic E-state index is 11.5. The van der Waals surface area contributed by atoms with Gasteiger partial charge in [-0.2, -0.15) is 0 Å². The predicted molar refractivity (Wildman–Crippen MR) is 31.9 cm³/mol. The van der Waals surface area contributed by atoms with E-state index in [0.29, 0.717) is 6.04 Å². The average molecular weight is 138 g/mol. The fourth-order valence-electron chi connectivity index (χ4n) is 0.421. The first-order valence-corrected chi connectivity index (χ1v) is 4.22. The van der Waals surface area contributed by atoms with Crippen molar-refractivity contribution in [1.29, 1.82) is 0 Å². The molecule has 0 amide bonds. The summed E-state index contributed by atoms with van der Waals surface area (Å²) in [5, 5.41) is 0. The highest BCUT2D eigenvalue weighted by Crippen LogP contribution is 1.92. The lowest BCUT2D eigenvalue weighted by Crippen LogP contribution is -2.18. The van der Waals surface area contributed by atoms with Gasteiger partial charge < -0.3 is 8.85 Å². The molecule has 50 valence electrons. The molecule has 0 bridgehead atoms. The maximum Gasteiger partial charge on any atom is 0.323 e. The zero-order valence-electron chi connectivity index (χ0n) is 5.19. The Morgan fingerprint density at radius 2 is 1.88 bits per heavy atom. The van der Waals surface area contributed by atoms with Crippen molar-refractivity contribution in [3.8, 4) is 0 Å². The molecule has 0 saturated carbocycles. The van der Waals surface area contributed by atoms with Gasteiger partial charge in [0, 0.05) is 20.3 Å². The Morgan fingerprint density at radius 3 is 2.00 bits per heavy atom. The maximum atomic E-state index is 11.5. The van der Waals surface area contributed by atoms with Crippen LogP contribution in [0.25, 0.3) is 0 Å². The van der Waals surface area contributed by atoms with E-state index in [1.165, 1.54) is 0 Å². The first-order valence-electron chi connectivity index (χ1n) is 2.46. The zero-order chi connectivity index (χ0) is 6.41. The minimum atomic E-state index is -1.57. The number of hydrogen-bond donors (Lipinski definition) is 0. The molecule has 0 aliphatic carbocycles. The van der Waals surface area contributed by atoms with Crippen molar-refractivity contribution < 1.29 is 13.2 Å². The highest BCUT2D eigenvalue weighted by atomic mass is 28.3. The number of hydrogen-bond acceptors (Lipinski definition) is 2. The Hall–Kier alpha value is 0.0669. The van der Waals surface area contributed by atoms with E-state index in [2.05, 4.69) is 0 Å². The Balaban J connectivity index is 3.07. The van der Waals surface area contributed by atoms with Crippen LogP contribution < -0.4 is 0 Å². The Bertz CT molecular complexity index is 49.3. The Morgan fingerprint density at radius 1 is 1.38 bits per heavy atom. The van der Waals surface area contributed by atoms with Gasteiger partial charge in [-0.05, 0) is 0 Å². The van der Waals surface area contributed by atoms with Crippen LogP contribution in [0, 0.1) is 0 Å². The average Bonchev–Trinajstić information content (AvgIpc) is 1.83. The molecule has 0 aliphatic heterocycles. The molecular formula is C4H11FO2Si. The summed E-state index contributed by atoms with van der Waals surface area (Å²) in [5.41, 5.74) is 0. The minimum Gasteiger partial charge on any atom is -0.400 e. The second kappa shape index (κ2) is 5.21. The van der Waals surface area contributed by atoms with Crippen LogP contribution in [0.15, 0.2) is 0 Å². The molecule has 0 heterocycles. The number of halogens is 1. The van der Waals surface area contributed by atoms with Gasteiger partial charge in [0.05, 0.1) is 6.67 Å². The summed E-state index contributed by atoms with van der Waals surface area (Å²) < 4.78 is 21.1. The first-order chi connectivity index (χ1) is 3.85. The largest absolute Gasteiger partial charge is 0.400 e. The SMILES string of the molecule is CO[SiH](CCF)OC. The van der Waals surface area contributed by atoms with E-state index in [9.17, 15) is 4.39 Å². The summed E-state index contributed by atoms with van der Waals surface area (Å²) in [6, 6.07) is 0.451. The van der Waals surface area contributed by atoms with Crippen LogP contribution >= 0.6 is 0 Å². The normalized spacial score (nSPS) is 10.5. The van der Waals surface area contributed by atoms with Gasteiger partial charge >= 0.3 is 9.28 Å². The van der Waals surface area contributed by atoms with Gasteiger partial charge in [0.15, 0.2) is 0 Å². The molecule has 0 aromatic heterocycles. The van der Waals surface area contributed by atoms with Crippen molar-refractivity contribution in [1.82, 2.24) is 0 Å². The monoisotopic (exact) mass is 138 g/mol. The van der Waals surface area contributed by atoms with E-state index < -0.39 is 9.28 Å². The molecule has 8 heavy (non-hydrogen) atoms. The van der Waals surface area contributed by atoms with E-state index in [1.54, 1.807) is 14.2 Å². The summed E-state index contributed by atoms with van der Waals surface area (Å²) in [6.07, 6.45) is 0.